The van der Waals surface area contributed by atoms with Gasteiger partial charge in [-0.1, -0.05) is 0 Å². The lowest BCUT2D eigenvalue weighted by Gasteiger charge is -2.12. The predicted molar refractivity (Wildman–Crippen MR) is 66.7 cm³/mol. The second kappa shape index (κ2) is 6.03. The molecule has 0 saturated carbocycles. The summed E-state index contributed by atoms with van der Waals surface area (Å²) >= 11 is 0. The van der Waals surface area contributed by atoms with Crippen molar-refractivity contribution in [3.05, 3.63) is 29.0 Å². The van der Waals surface area contributed by atoms with Crippen LogP contribution in [0.3, 0.4) is 0 Å². The normalized spacial score (nSPS) is 11.5. The summed E-state index contributed by atoms with van der Waals surface area (Å²) in [5.41, 5.74) is 11.9. The Bertz CT molecular complexity index is 512. The maximum atomic E-state index is 12.3. The number of esters is 1. The molecule has 0 aliphatic heterocycles. The van der Waals surface area contributed by atoms with E-state index in [2.05, 4.69) is 9.47 Å². The van der Waals surface area contributed by atoms with E-state index in [4.69, 9.17) is 11.5 Å². The topological polar surface area (TPSA) is 87.6 Å². The monoisotopic (exact) mass is 272 g/mol. The molecule has 0 saturated heterocycles. The van der Waals surface area contributed by atoms with Gasteiger partial charge >= 0.3 is 12.6 Å². The summed E-state index contributed by atoms with van der Waals surface area (Å²) < 4.78 is 33.3. The van der Waals surface area contributed by atoms with Gasteiger partial charge in [0.1, 0.15) is 5.75 Å². The second-order valence-corrected chi connectivity index (χ2v) is 3.74. The van der Waals surface area contributed by atoms with Gasteiger partial charge in [-0.3, -0.25) is 0 Å². The van der Waals surface area contributed by atoms with Crippen LogP contribution >= 0.6 is 0 Å². The van der Waals surface area contributed by atoms with Gasteiger partial charge in [-0.2, -0.15) is 8.78 Å². The molecule has 0 aliphatic rings. The van der Waals surface area contributed by atoms with Crippen LogP contribution < -0.4 is 16.2 Å². The highest BCUT2D eigenvalue weighted by molar-refractivity contribution is 5.92. The fourth-order valence-corrected chi connectivity index (χ4v) is 1.44. The van der Waals surface area contributed by atoms with Crippen molar-refractivity contribution in [2.24, 2.45) is 5.73 Å². The van der Waals surface area contributed by atoms with Gasteiger partial charge in [0.05, 0.1) is 18.4 Å². The summed E-state index contributed by atoms with van der Waals surface area (Å²) in [5.74, 6) is -0.992. The molecule has 0 bridgehead atoms. The number of hydrogen-bond donors (Lipinski definition) is 2. The molecule has 19 heavy (non-hydrogen) atoms. The van der Waals surface area contributed by atoms with Gasteiger partial charge in [0, 0.05) is 11.3 Å². The average molecular weight is 272 g/mol. The number of carbonyl (C=O) groups excluding carboxylic acids is 1. The minimum Gasteiger partial charge on any atom is -0.465 e. The van der Waals surface area contributed by atoms with Crippen molar-refractivity contribution in [1.82, 2.24) is 0 Å². The minimum atomic E-state index is -3.05. The number of hydrogen-bond acceptors (Lipinski definition) is 5. The van der Waals surface area contributed by atoms with Crippen LogP contribution in [0, 0.1) is 0 Å². The summed E-state index contributed by atoms with van der Waals surface area (Å²) in [7, 11) is 1.18. The summed E-state index contributed by atoms with van der Waals surface area (Å²) in [6, 6.07) is 2.48. The zero-order valence-corrected chi connectivity index (χ0v) is 10.4. The number of ether oxygens (including phenoxy) is 2. The van der Waals surface area contributed by atoms with E-state index in [1.807, 2.05) is 0 Å². The highest BCUT2D eigenvalue weighted by Gasteiger charge is 2.16. The number of nitrogen functional groups attached to an aromatic ring is 1. The molecule has 0 heterocycles. The number of methoxy groups -OCH3 is 1. The molecule has 0 unspecified atom stereocenters. The molecule has 0 aliphatic carbocycles. The third-order valence-corrected chi connectivity index (χ3v) is 2.19. The van der Waals surface area contributed by atoms with Crippen molar-refractivity contribution in [2.75, 3.05) is 12.8 Å². The molecule has 0 spiro atoms. The Balaban J connectivity index is 3.37. The van der Waals surface area contributed by atoms with Crippen LogP contribution in [0.1, 0.15) is 22.8 Å². The number of carbonyl (C=O) groups is 1. The van der Waals surface area contributed by atoms with Crippen LogP contribution in [0.4, 0.5) is 14.5 Å². The fourth-order valence-electron chi connectivity index (χ4n) is 1.44. The quantitative estimate of drug-likeness (QED) is 0.646. The third kappa shape index (κ3) is 3.84. The van der Waals surface area contributed by atoms with Gasteiger partial charge in [-0.05, 0) is 25.1 Å². The summed E-state index contributed by atoms with van der Waals surface area (Å²) in [5, 5.41) is 0. The first-order valence-corrected chi connectivity index (χ1v) is 5.25. The lowest BCUT2D eigenvalue weighted by atomic mass is 10.1. The SMILES string of the molecule is COC(=O)c1cc(/C=C(/C)N)c(N)c(OC(F)F)c1. The lowest BCUT2D eigenvalue weighted by molar-refractivity contribution is -0.0494. The second-order valence-electron chi connectivity index (χ2n) is 3.74. The van der Waals surface area contributed by atoms with Crippen LogP contribution in [0.25, 0.3) is 6.08 Å². The van der Waals surface area contributed by atoms with E-state index in [-0.39, 0.29) is 17.0 Å². The molecule has 104 valence electrons. The fraction of sp³-hybridized carbons (Fsp3) is 0.250. The number of nitrogens with two attached hydrogens (primary N) is 2. The van der Waals surface area contributed by atoms with E-state index in [0.717, 1.165) is 6.07 Å². The van der Waals surface area contributed by atoms with Gasteiger partial charge in [-0.25, -0.2) is 4.79 Å². The van der Waals surface area contributed by atoms with Gasteiger partial charge in [-0.15, -0.1) is 0 Å². The first-order chi connectivity index (χ1) is 8.85. The number of allylic oxidation sites excluding steroid dienone is 1. The lowest BCUT2D eigenvalue weighted by Crippen LogP contribution is -2.09. The number of rotatable bonds is 4. The third-order valence-electron chi connectivity index (χ3n) is 2.19. The summed E-state index contributed by atoms with van der Waals surface area (Å²) in [6.07, 6.45) is 1.44. The highest BCUT2D eigenvalue weighted by Crippen LogP contribution is 2.30. The van der Waals surface area contributed by atoms with Gasteiger partial charge < -0.3 is 20.9 Å². The number of anilines is 1. The van der Waals surface area contributed by atoms with Crippen LogP contribution in [0.2, 0.25) is 0 Å². The molecule has 7 heteroatoms. The molecule has 0 aromatic heterocycles. The molecule has 4 N–H and O–H groups in total. The molecule has 0 radical (unpaired) electrons. The first-order valence-electron chi connectivity index (χ1n) is 5.25. The molecule has 1 rings (SSSR count). The Hall–Kier alpha value is -2.31. The van der Waals surface area contributed by atoms with E-state index in [1.165, 1.54) is 19.3 Å². The number of alkyl halides is 2. The Morgan fingerprint density at radius 1 is 1.42 bits per heavy atom. The van der Waals surface area contributed by atoms with Gasteiger partial charge in [0.25, 0.3) is 0 Å². The van der Waals surface area contributed by atoms with Crippen LogP contribution in [0.15, 0.2) is 17.8 Å². The molecule has 0 atom stereocenters. The maximum Gasteiger partial charge on any atom is 0.387 e. The van der Waals surface area contributed by atoms with Crippen LogP contribution in [0.5, 0.6) is 5.75 Å². The first kappa shape index (κ1) is 14.7. The molecule has 0 fully saturated rings. The maximum absolute atomic E-state index is 12.3. The zero-order valence-electron chi connectivity index (χ0n) is 10.4. The average Bonchev–Trinajstić information content (AvgIpc) is 2.31. The standard InChI is InChI=1S/C12H14F2N2O3/c1-6(15)3-7-4-8(11(17)18-2)5-9(10(7)16)19-12(13)14/h3-5,12H,15-16H2,1-2H3/b6-3-. The number of benzene rings is 1. The van der Waals surface area contributed by atoms with Gasteiger partial charge in [0.15, 0.2) is 0 Å². The molecule has 5 nitrogen and oxygen atoms in total. The largest absolute Gasteiger partial charge is 0.465 e. The van der Waals surface area contributed by atoms with Crippen molar-refractivity contribution in [3.8, 4) is 5.75 Å². The van der Waals surface area contributed by atoms with E-state index in [0.29, 0.717) is 11.3 Å². The Morgan fingerprint density at radius 3 is 2.53 bits per heavy atom. The Labute approximate surface area is 108 Å². The van der Waals surface area contributed by atoms with E-state index >= 15 is 0 Å². The van der Waals surface area contributed by atoms with Crippen molar-refractivity contribution in [2.45, 2.75) is 13.5 Å². The number of halogens is 2. The molecule has 1 aromatic carbocycles. The van der Waals surface area contributed by atoms with Crippen molar-refractivity contribution in [3.63, 3.8) is 0 Å². The molecule has 0 amide bonds. The van der Waals surface area contributed by atoms with Crippen molar-refractivity contribution < 1.29 is 23.0 Å². The highest BCUT2D eigenvalue weighted by atomic mass is 19.3. The van der Waals surface area contributed by atoms with Crippen LogP contribution in [-0.2, 0) is 4.74 Å². The summed E-state index contributed by atoms with van der Waals surface area (Å²) in [6.45, 7) is -1.45. The molecular formula is C12H14F2N2O3. The summed E-state index contributed by atoms with van der Waals surface area (Å²) in [4.78, 5) is 11.4. The smallest absolute Gasteiger partial charge is 0.387 e. The van der Waals surface area contributed by atoms with E-state index in [1.54, 1.807) is 6.92 Å². The van der Waals surface area contributed by atoms with E-state index in [9.17, 15) is 13.6 Å². The minimum absolute atomic E-state index is 0.0299. The molecule has 1 aromatic rings. The zero-order chi connectivity index (χ0) is 14.6. The van der Waals surface area contributed by atoms with E-state index < -0.39 is 12.6 Å². The van der Waals surface area contributed by atoms with Gasteiger partial charge in [0.2, 0.25) is 0 Å². The van der Waals surface area contributed by atoms with Crippen LogP contribution in [-0.4, -0.2) is 19.7 Å². The molecular weight excluding hydrogens is 258 g/mol. The Kier molecular flexibility index (Phi) is 4.68. The van der Waals surface area contributed by atoms with Crippen molar-refractivity contribution in [1.29, 1.82) is 0 Å². The predicted octanol–water partition coefficient (Wildman–Crippen LogP) is 1.98. The Morgan fingerprint density at radius 2 is 2.05 bits per heavy atom. The van der Waals surface area contributed by atoms with Crippen molar-refractivity contribution >= 4 is 17.7 Å².